The van der Waals surface area contributed by atoms with E-state index in [1.807, 2.05) is 45.0 Å². The van der Waals surface area contributed by atoms with Crippen LogP contribution in [-0.4, -0.2) is 66.4 Å². The summed E-state index contributed by atoms with van der Waals surface area (Å²) in [6.07, 6.45) is -0.657. The molecule has 142 valence electrons. The van der Waals surface area contributed by atoms with Crippen molar-refractivity contribution in [3.63, 3.8) is 0 Å². The smallest absolute Gasteiger partial charge is 0.410 e. The van der Waals surface area contributed by atoms with Crippen LogP contribution in [0, 0.1) is 0 Å². The van der Waals surface area contributed by atoms with Crippen molar-refractivity contribution in [3.8, 4) is 0 Å². The number of aliphatic hydroxyl groups excluding tert-OH is 1. The standard InChI is InChI=1S/C19H27N3O4/c1-19(2,3)26-18(25)21-10-8-20(9-11-21)14-4-6-15(7-5-14)22-13-16(23)12-17(22)24/h4-7,16,23H,8-13H2,1-3H3. The number of amides is 2. The lowest BCUT2D eigenvalue weighted by molar-refractivity contribution is -0.117. The van der Waals surface area contributed by atoms with E-state index < -0.39 is 11.7 Å². The highest BCUT2D eigenvalue weighted by Crippen LogP contribution is 2.25. The highest BCUT2D eigenvalue weighted by atomic mass is 16.6. The Hall–Kier alpha value is -2.28. The van der Waals surface area contributed by atoms with Crippen LogP contribution in [0.5, 0.6) is 0 Å². The van der Waals surface area contributed by atoms with Crippen molar-refractivity contribution in [1.82, 2.24) is 4.90 Å². The summed E-state index contributed by atoms with van der Waals surface area (Å²) in [5.41, 5.74) is 1.39. The fraction of sp³-hybridized carbons (Fsp3) is 0.579. The second-order valence-corrected chi connectivity index (χ2v) is 7.83. The summed E-state index contributed by atoms with van der Waals surface area (Å²) in [5, 5.41) is 9.62. The Balaban J connectivity index is 1.57. The van der Waals surface area contributed by atoms with E-state index in [0.717, 1.165) is 24.5 Å². The lowest BCUT2D eigenvalue weighted by atomic mass is 10.2. The van der Waals surface area contributed by atoms with Gasteiger partial charge in [-0.2, -0.15) is 0 Å². The maximum Gasteiger partial charge on any atom is 0.410 e. The molecule has 1 N–H and O–H groups in total. The van der Waals surface area contributed by atoms with Crippen LogP contribution in [0.4, 0.5) is 16.2 Å². The summed E-state index contributed by atoms with van der Waals surface area (Å²) in [6.45, 7) is 8.67. The molecule has 2 amide bonds. The van der Waals surface area contributed by atoms with Crippen molar-refractivity contribution in [2.45, 2.75) is 38.9 Å². The van der Waals surface area contributed by atoms with Crippen molar-refractivity contribution in [1.29, 1.82) is 0 Å². The van der Waals surface area contributed by atoms with Crippen LogP contribution in [0.3, 0.4) is 0 Å². The first-order valence-corrected chi connectivity index (χ1v) is 9.04. The molecule has 1 unspecified atom stereocenters. The summed E-state index contributed by atoms with van der Waals surface area (Å²) in [4.78, 5) is 29.6. The molecule has 3 rings (SSSR count). The van der Waals surface area contributed by atoms with Gasteiger partial charge >= 0.3 is 6.09 Å². The van der Waals surface area contributed by atoms with E-state index >= 15 is 0 Å². The minimum atomic E-state index is -0.580. The van der Waals surface area contributed by atoms with Crippen molar-refractivity contribution in [2.75, 3.05) is 42.5 Å². The van der Waals surface area contributed by atoms with Gasteiger partial charge in [0, 0.05) is 37.6 Å². The predicted octanol–water partition coefficient (Wildman–Crippen LogP) is 1.84. The first-order chi connectivity index (χ1) is 12.2. The van der Waals surface area contributed by atoms with Gasteiger partial charge in [-0.1, -0.05) is 0 Å². The Labute approximate surface area is 154 Å². The van der Waals surface area contributed by atoms with Crippen molar-refractivity contribution in [3.05, 3.63) is 24.3 Å². The molecule has 1 atom stereocenters. The Bertz CT molecular complexity index is 660. The zero-order valence-corrected chi connectivity index (χ0v) is 15.6. The van der Waals surface area contributed by atoms with Crippen molar-refractivity contribution < 1.29 is 19.4 Å². The molecule has 0 bridgehead atoms. The van der Waals surface area contributed by atoms with E-state index in [9.17, 15) is 14.7 Å². The molecular formula is C19H27N3O4. The van der Waals surface area contributed by atoms with Gasteiger partial charge in [0.25, 0.3) is 0 Å². The summed E-state index contributed by atoms with van der Waals surface area (Å²) in [6, 6.07) is 7.78. The number of hydrogen-bond donors (Lipinski definition) is 1. The number of rotatable bonds is 2. The molecule has 0 radical (unpaired) electrons. The SMILES string of the molecule is CC(C)(C)OC(=O)N1CCN(c2ccc(N3CC(O)CC3=O)cc2)CC1. The van der Waals surface area contributed by atoms with Gasteiger partial charge in [-0.25, -0.2) is 4.79 Å². The molecule has 0 aliphatic carbocycles. The maximum atomic E-state index is 12.1. The Morgan fingerprint density at radius 1 is 1.08 bits per heavy atom. The topological polar surface area (TPSA) is 73.3 Å². The van der Waals surface area contributed by atoms with E-state index in [0.29, 0.717) is 19.6 Å². The normalized spacial score (nSPS) is 21.3. The van der Waals surface area contributed by atoms with Crippen LogP contribution in [0.1, 0.15) is 27.2 Å². The lowest BCUT2D eigenvalue weighted by Gasteiger charge is -2.36. The van der Waals surface area contributed by atoms with Crippen LogP contribution in [0.25, 0.3) is 0 Å². The zero-order chi connectivity index (χ0) is 18.9. The van der Waals surface area contributed by atoms with E-state index in [1.165, 1.54) is 0 Å². The summed E-state index contributed by atoms with van der Waals surface area (Å²) in [5.74, 6) is -0.0452. The number of anilines is 2. The fourth-order valence-electron chi connectivity index (χ4n) is 3.26. The van der Waals surface area contributed by atoms with Crippen LogP contribution in [0.15, 0.2) is 24.3 Å². The third-order valence-corrected chi connectivity index (χ3v) is 4.56. The van der Waals surface area contributed by atoms with Gasteiger partial charge in [-0.3, -0.25) is 4.79 Å². The van der Waals surface area contributed by atoms with Crippen molar-refractivity contribution >= 4 is 23.4 Å². The zero-order valence-electron chi connectivity index (χ0n) is 15.6. The summed E-state index contributed by atoms with van der Waals surface area (Å²) < 4.78 is 5.42. The number of nitrogens with zero attached hydrogens (tertiary/aromatic N) is 3. The van der Waals surface area contributed by atoms with E-state index in [2.05, 4.69) is 4.90 Å². The van der Waals surface area contributed by atoms with Gasteiger partial charge in [-0.15, -0.1) is 0 Å². The Kier molecular flexibility index (Phi) is 5.09. The van der Waals surface area contributed by atoms with Crippen LogP contribution in [0.2, 0.25) is 0 Å². The molecule has 0 aromatic heterocycles. The van der Waals surface area contributed by atoms with Gasteiger partial charge in [0.2, 0.25) is 5.91 Å². The molecule has 1 aromatic carbocycles. The van der Waals surface area contributed by atoms with Gasteiger partial charge in [0.15, 0.2) is 0 Å². The number of ether oxygens (including phenoxy) is 1. The molecule has 7 nitrogen and oxygen atoms in total. The van der Waals surface area contributed by atoms with Crippen molar-refractivity contribution in [2.24, 2.45) is 0 Å². The average Bonchev–Trinajstić information content (AvgIpc) is 2.92. The van der Waals surface area contributed by atoms with Gasteiger partial charge < -0.3 is 24.5 Å². The number of carbonyl (C=O) groups is 2. The largest absolute Gasteiger partial charge is 0.444 e. The molecule has 26 heavy (non-hydrogen) atoms. The second kappa shape index (κ2) is 7.15. The number of benzene rings is 1. The number of carbonyl (C=O) groups excluding carboxylic acids is 2. The van der Waals surface area contributed by atoms with E-state index in [-0.39, 0.29) is 18.4 Å². The highest BCUT2D eigenvalue weighted by Gasteiger charge is 2.29. The third kappa shape index (κ3) is 4.27. The first kappa shape index (κ1) is 18.5. The summed E-state index contributed by atoms with van der Waals surface area (Å²) >= 11 is 0. The van der Waals surface area contributed by atoms with E-state index in [1.54, 1.807) is 9.80 Å². The molecule has 0 spiro atoms. The van der Waals surface area contributed by atoms with Crippen LogP contribution < -0.4 is 9.80 Å². The molecule has 2 saturated heterocycles. The first-order valence-electron chi connectivity index (χ1n) is 9.04. The Morgan fingerprint density at radius 2 is 1.65 bits per heavy atom. The monoisotopic (exact) mass is 361 g/mol. The number of aliphatic hydroxyl groups is 1. The molecule has 2 aliphatic rings. The maximum absolute atomic E-state index is 12.1. The number of piperazine rings is 1. The quantitative estimate of drug-likeness (QED) is 0.870. The lowest BCUT2D eigenvalue weighted by Crippen LogP contribution is -2.50. The van der Waals surface area contributed by atoms with Crippen LogP contribution >= 0.6 is 0 Å². The van der Waals surface area contributed by atoms with Crippen LogP contribution in [-0.2, 0) is 9.53 Å². The minimum Gasteiger partial charge on any atom is -0.444 e. The highest BCUT2D eigenvalue weighted by molar-refractivity contribution is 5.96. The van der Waals surface area contributed by atoms with E-state index in [4.69, 9.17) is 4.74 Å². The van der Waals surface area contributed by atoms with Gasteiger partial charge in [0.1, 0.15) is 5.60 Å². The minimum absolute atomic E-state index is 0.0452. The molecule has 2 fully saturated rings. The number of hydrogen-bond acceptors (Lipinski definition) is 5. The third-order valence-electron chi connectivity index (χ3n) is 4.56. The second-order valence-electron chi connectivity index (χ2n) is 7.83. The molecule has 2 heterocycles. The predicted molar refractivity (Wildman–Crippen MR) is 99.4 cm³/mol. The average molecular weight is 361 g/mol. The molecule has 2 aliphatic heterocycles. The fourth-order valence-corrected chi connectivity index (χ4v) is 3.26. The molecule has 7 heteroatoms. The Morgan fingerprint density at radius 3 is 2.15 bits per heavy atom. The van der Waals surface area contributed by atoms with Gasteiger partial charge in [-0.05, 0) is 45.0 Å². The number of β-amino-alcohol motifs (C(OH)–C–C–N with tert-alkyl or cyclic N) is 1. The molecule has 1 aromatic rings. The van der Waals surface area contributed by atoms with Gasteiger partial charge in [0.05, 0.1) is 19.1 Å². The summed E-state index contributed by atoms with van der Waals surface area (Å²) in [7, 11) is 0. The molecule has 0 saturated carbocycles. The molecular weight excluding hydrogens is 334 g/mol.